The highest BCUT2D eigenvalue weighted by atomic mass is 16.4. The van der Waals surface area contributed by atoms with Crippen LogP contribution in [0.4, 0.5) is 0 Å². The minimum Gasteiger partial charge on any atom is -0.480 e. The zero-order chi connectivity index (χ0) is 16.3. The first-order chi connectivity index (χ1) is 10.4. The molecule has 0 saturated carbocycles. The van der Waals surface area contributed by atoms with E-state index in [9.17, 15) is 9.59 Å². The summed E-state index contributed by atoms with van der Waals surface area (Å²) in [4.78, 5) is 24.6. The van der Waals surface area contributed by atoms with Gasteiger partial charge in [0.2, 0.25) is 0 Å². The van der Waals surface area contributed by atoms with Gasteiger partial charge in [-0.25, -0.2) is 4.68 Å². The van der Waals surface area contributed by atoms with Gasteiger partial charge in [-0.3, -0.25) is 9.59 Å². The zero-order valence-corrected chi connectivity index (χ0v) is 12.9. The lowest BCUT2D eigenvalue weighted by Crippen LogP contribution is -2.40. The normalized spacial score (nSPS) is 10.7. The summed E-state index contributed by atoms with van der Waals surface area (Å²) in [7, 11) is 0. The van der Waals surface area contributed by atoms with E-state index in [1.165, 1.54) is 4.90 Å². The summed E-state index contributed by atoms with van der Waals surface area (Å²) in [5.74, 6) is -1.31. The summed E-state index contributed by atoms with van der Waals surface area (Å²) >= 11 is 0. The van der Waals surface area contributed by atoms with Gasteiger partial charge >= 0.3 is 5.97 Å². The first-order valence-corrected chi connectivity index (χ1v) is 7.04. The number of nitrogens with zero attached hydrogens (tertiary/aromatic N) is 3. The Bertz CT molecular complexity index is 674. The van der Waals surface area contributed by atoms with Crippen LogP contribution < -0.4 is 0 Å². The molecule has 116 valence electrons. The van der Waals surface area contributed by atoms with Crippen molar-refractivity contribution in [1.29, 1.82) is 0 Å². The van der Waals surface area contributed by atoms with Crippen molar-refractivity contribution in [3.8, 4) is 5.69 Å². The molecule has 0 aliphatic carbocycles. The van der Waals surface area contributed by atoms with E-state index in [4.69, 9.17) is 5.11 Å². The van der Waals surface area contributed by atoms with Gasteiger partial charge in [0.25, 0.3) is 5.91 Å². The third kappa shape index (κ3) is 3.52. The van der Waals surface area contributed by atoms with Crippen molar-refractivity contribution < 1.29 is 14.7 Å². The molecule has 0 aliphatic rings. The van der Waals surface area contributed by atoms with E-state index in [0.29, 0.717) is 5.56 Å². The van der Waals surface area contributed by atoms with E-state index < -0.39 is 5.97 Å². The molecule has 22 heavy (non-hydrogen) atoms. The van der Waals surface area contributed by atoms with Crippen molar-refractivity contribution in [1.82, 2.24) is 14.7 Å². The van der Waals surface area contributed by atoms with Crippen LogP contribution in [0.3, 0.4) is 0 Å². The molecule has 1 N–H and O–H groups in total. The Hall–Kier alpha value is -2.63. The summed E-state index contributed by atoms with van der Waals surface area (Å²) in [5.41, 5.74) is 2.22. The number of carbonyl (C=O) groups excluding carboxylic acids is 1. The van der Waals surface area contributed by atoms with Gasteiger partial charge in [0, 0.05) is 17.8 Å². The predicted octanol–water partition coefficient (Wildman–Crippen LogP) is 2.12. The number of benzene rings is 1. The van der Waals surface area contributed by atoms with Gasteiger partial charge in [-0.15, -0.1) is 0 Å². The maximum Gasteiger partial charge on any atom is 0.323 e. The molecule has 1 aromatic heterocycles. The van der Waals surface area contributed by atoms with Gasteiger partial charge in [-0.05, 0) is 51.1 Å². The van der Waals surface area contributed by atoms with Crippen LogP contribution in [-0.2, 0) is 4.79 Å². The van der Waals surface area contributed by atoms with Gasteiger partial charge in [-0.1, -0.05) is 0 Å². The first kappa shape index (κ1) is 15.8. The largest absolute Gasteiger partial charge is 0.480 e. The number of amides is 1. The minimum absolute atomic E-state index is 0.183. The average Bonchev–Trinajstić information content (AvgIpc) is 2.90. The zero-order valence-electron chi connectivity index (χ0n) is 12.9. The van der Waals surface area contributed by atoms with Crippen molar-refractivity contribution in [2.24, 2.45) is 0 Å². The van der Waals surface area contributed by atoms with E-state index in [1.54, 1.807) is 42.8 Å². The Morgan fingerprint density at radius 1 is 1.23 bits per heavy atom. The van der Waals surface area contributed by atoms with Crippen molar-refractivity contribution in [3.63, 3.8) is 0 Å². The molecule has 0 atom stereocenters. The molecule has 1 amide bonds. The average molecular weight is 301 g/mol. The molecule has 6 nitrogen and oxygen atoms in total. The summed E-state index contributed by atoms with van der Waals surface area (Å²) < 4.78 is 1.72. The number of carboxylic acids is 1. The summed E-state index contributed by atoms with van der Waals surface area (Å²) in [6.07, 6.45) is 1.84. The number of hydrogen-bond donors (Lipinski definition) is 1. The van der Waals surface area contributed by atoms with Crippen molar-refractivity contribution in [2.45, 2.75) is 26.8 Å². The molecule has 0 radical (unpaired) electrons. The van der Waals surface area contributed by atoms with E-state index in [1.807, 2.05) is 19.2 Å². The SMILES string of the molecule is Cc1ccn(-c2ccc(C(=O)N(CC(=O)O)C(C)C)cc2)n1. The van der Waals surface area contributed by atoms with Crippen LogP contribution in [0.15, 0.2) is 36.5 Å². The van der Waals surface area contributed by atoms with Crippen LogP contribution in [0.2, 0.25) is 0 Å². The number of carbonyl (C=O) groups is 2. The molecule has 1 aromatic carbocycles. The quantitative estimate of drug-likeness (QED) is 0.918. The van der Waals surface area contributed by atoms with Crippen molar-refractivity contribution in [3.05, 3.63) is 47.8 Å². The molecule has 0 fully saturated rings. The molecule has 2 aromatic rings. The topological polar surface area (TPSA) is 75.4 Å². The monoisotopic (exact) mass is 301 g/mol. The highest BCUT2D eigenvalue weighted by Crippen LogP contribution is 2.13. The molecule has 2 rings (SSSR count). The molecular formula is C16H19N3O3. The van der Waals surface area contributed by atoms with Crippen molar-refractivity contribution in [2.75, 3.05) is 6.54 Å². The Labute approximate surface area is 129 Å². The second kappa shape index (κ2) is 6.43. The van der Waals surface area contributed by atoms with E-state index >= 15 is 0 Å². The molecule has 0 aliphatic heterocycles. The molecule has 0 bridgehead atoms. The second-order valence-electron chi connectivity index (χ2n) is 5.37. The van der Waals surface area contributed by atoms with E-state index in [-0.39, 0.29) is 18.5 Å². The predicted molar refractivity (Wildman–Crippen MR) is 82.1 cm³/mol. The van der Waals surface area contributed by atoms with E-state index in [2.05, 4.69) is 5.10 Å². The lowest BCUT2D eigenvalue weighted by atomic mass is 10.1. The highest BCUT2D eigenvalue weighted by Gasteiger charge is 2.21. The molecule has 0 unspecified atom stereocenters. The lowest BCUT2D eigenvalue weighted by molar-refractivity contribution is -0.138. The molecule has 0 saturated heterocycles. The minimum atomic E-state index is -1.02. The molecule has 1 heterocycles. The van der Waals surface area contributed by atoms with Crippen molar-refractivity contribution >= 4 is 11.9 Å². The van der Waals surface area contributed by atoms with Crippen LogP contribution >= 0.6 is 0 Å². The fraction of sp³-hybridized carbons (Fsp3) is 0.312. The van der Waals surface area contributed by atoms with Gasteiger partial charge in [0.05, 0.1) is 11.4 Å². The lowest BCUT2D eigenvalue weighted by Gasteiger charge is -2.25. The van der Waals surface area contributed by atoms with E-state index in [0.717, 1.165) is 11.4 Å². The van der Waals surface area contributed by atoms with Gasteiger partial charge in [-0.2, -0.15) is 5.10 Å². The molecular weight excluding hydrogens is 282 g/mol. The molecule has 6 heteroatoms. The Balaban J connectivity index is 2.21. The fourth-order valence-electron chi connectivity index (χ4n) is 2.12. The Morgan fingerprint density at radius 3 is 2.32 bits per heavy atom. The molecule has 0 spiro atoms. The standard InChI is InChI=1S/C16H19N3O3/c1-11(2)18(10-15(20)21)16(22)13-4-6-14(7-5-13)19-9-8-12(3)17-19/h4-9,11H,10H2,1-3H3,(H,20,21). The summed E-state index contributed by atoms with van der Waals surface area (Å²) in [6, 6.07) is 8.67. The van der Waals surface area contributed by atoms with Crippen LogP contribution in [0.1, 0.15) is 29.9 Å². The van der Waals surface area contributed by atoms with Crippen LogP contribution in [-0.4, -0.2) is 44.3 Å². The van der Waals surface area contributed by atoms with Gasteiger partial charge in [0.1, 0.15) is 6.54 Å². The summed E-state index contributed by atoms with van der Waals surface area (Å²) in [6.45, 7) is 5.18. The number of rotatable bonds is 5. The third-order valence-corrected chi connectivity index (χ3v) is 3.29. The summed E-state index contributed by atoms with van der Waals surface area (Å²) in [5, 5.41) is 13.2. The number of carboxylic acid groups (broad SMARTS) is 1. The van der Waals surface area contributed by atoms with Crippen LogP contribution in [0, 0.1) is 6.92 Å². The maximum atomic E-state index is 12.4. The highest BCUT2D eigenvalue weighted by molar-refractivity contribution is 5.96. The smallest absolute Gasteiger partial charge is 0.323 e. The van der Waals surface area contributed by atoms with Gasteiger partial charge < -0.3 is 10.0 Å². The Kier molecular flexibility index (Phi) is 4.60. The Morgan fingerprint density at radius 2 is 1.86 bits per heavy atom. The number of aromatic nitrogens is 2. The maximum absolute atomic E-state index is 12.4. The van der Waals surface area contributed by atoms with Crippen LogP contribution in [0.25, 0.3) is 5.69 Å². The number of aliphatic carboxylic acids is 1. The third-order valence-electron chi connectivity index (χ3n) is 3.29. The van der Waals surface area contributed by atoms with Gasteiger partial charge in [0.15, 0.2) is 0 Å². The number of aryl methyl sites for hydroxylation is 1. The fourth-order valence-corrected chi connectivity index (χ4v) is 2.12. The first-order valence-electron chi connectivity index (χ1n) is 7.04. The second-order valence-corrected chi connectivity index (χ2v) is 5.37. The number of hydrogen-bond acceptors (Lipinski definition) is 3. The van der Waals surface area contributed by atoms with Crippen LogP contribution in [0.5, 0.6) is 0 Å².